The molecule has 0 radical (unpaired) electrons. The first-order chi connectivity index (χ1) is 10.5. The molecule has 112 valence electrons. The van der Waals surface area contributed by atoms with Crippen molar-refractivity contribution in [1.29, 1.82) is 0 Å². The Hall–Kier alpha value is -2.54. The standard InChI is InChI=1S/C15H14N4O2S/c1-9-3-5-11(6-4-9)7-12-8-16-15(22-12)19-10(2)13(14(20)21)17-18-19/h3-6,8H,7H2,1-2H3,(H,20,21). The van der Waals surface area contributed by atoms with E-state index in [0.717, 1.165) is 11.3 Å². The number of carbonyl (C=O) groups is 1. The Morgan fingerprint density at radius 1 is 1.27 bits per heavy atom. The second kappa shape index (κ2) is 5.69. The van der Waals surface area contributed by atoms with E-state index in [2.05, 4.69) is 46.5 Å². The number of benzene rings is 1. The van der Waals surface area contributed by atoms with E-state index in [9.17, 15) is 4.79 Å². The first-order valence-electron chi connectivity index (χ1n) is 6.71. The lowest BCUT2D eigenvalue weighted by atomic mass is 10.1. The third-order valence-corrected chi connectivity index (χ3v) is 4.29. The molecule has 0 fully saturated rings. The Kier molecular flexibility index (Phi) is 3.72. The summed E-state index contributed by atoms with van der Waals surface area (Å²) in [6.45, 7) is 3.73. The highest BCUT2D eigenvalue weighted by Gasteiger charge is 2.17. The van der Waals surface area contributed by atoms with Gasteiger partial charge in [0.15, 0.2) is 5.69 Å². The van der Waals surface area contributed by atoms with Gasteiger partial charge in [-0.05, 0) is 19.4 Å². The Labute approximate surface area is 131 Å². The van der Waals surface area contributed by atoms with Gasteiger partial charge < -0.3 is 5.11 Å². The third kappa shape index (κ3) is 2.75. The lowest BCUT2D eigenvalue weighted by Gasteiger charge is -1.99. The molecule has 0 aliphatic carbocycles. The highest BCUT2D eigenvalue weighted by Crippen LogP contribution is 2.21. The minimum Gasteiger partial charge on any atom is -0.476 e. The summed E-state index contributed by atoms with van der Waals surface area (Å²) in [6.07, 6.45) is 2.58. The SMILES string of the molecule is Cc1ccc(Cc2cnc(-n3nnc(C(=O)O)c3C)s2)cc1. The predicted molar refractivity (Wildman–Crippen MR) is 82.7 cm³/mol. The van der Waals surface area contributed by atoms with Crippen LogP contribution in [0.4, 0.5) is 0 Å². The van der Waals surface area contributed by atoms with Gasteiger partial charge in [0.1, 0.15) is 0 Å². The summed E-state index contributed by atoms with van der Waals surface area (Å²) in [7, 11) is 0. The van der Waals surface area contributed by atoms with Crippen LogP contribution in [0.3, 0.4) is 0 Å². The number of aromatic nitrogens is 4. The number of aromatic carboxylic acids is 1. The fraction of sp³-hybridized carbons (Fsp3) is 0.200. The second-order valence-corrected chi connectivity index (χ2v) is 6.11. The third-order valence-electron chi connectivity index (χ3n) is 3.32. The fourth-order valence-corrected chi connectivity index (χ4v) is 3.04. The van der Waals surface area contributed by atoms with Gasteiger partial charge in [-0.25, -0.2) is 9.78 Å². The number of rotatable bonds is 4. The lowest BCUT2D eigenvalue weighted by molar-refractivity contribution is 0.0689. The first kappa shape index (κ1) is 14.4. The van der Waals surface area contributed by atoms with Crippen molar-refractivity contribution in [1.82, 2.24) is 20.0 Å². The molecule has 0 bridgehead atoms. The molecule has 0 aliphatic rings. The largest absolute Gasteiger partial charge is 0.476 e. The molecule has 0 unspecified atom stereocenters. The molecule has 1 aromatic carbocycles. The maximum absolute atomic E-state index is 11.0. The number of carboxylic acids is 1. The molecule has 0 spiro atoms. The molecule has 0 atom stereocenters. The zero-order valence-corrected chi connectivity index (χ0v) is 13.0. The van der Waals surface area contributed by atoms with Crippen LogP contribution in [0.2, 0.25) is 0 Å². The Bertz CT molecular complexity index is 820. The number of nitrogens with zero attached hydrogens (tertiary/aromatic N) is 4. The molecule has 3 rings (SSSR count). The lowest BCUT2D eigenvalue weighted by Crippen LogP contribution is -2.02. The second-order valence-electron chi connectivity index (χ2n) is 5.01. The van der Waals surface area contributed by atoms with Crippen molar-refractivity contribution >= 4 is 17.3 Å². The molecule has 7 heteroatoms. The summed E-state index contributed by atoms with van der Waals surface area (Å²) < 4.78 is 1.47. The van der Waals surface area contributed by atoms with Gasteiger partial charge in [-0.2, -0.15) is 4.68 Å². The molecule has 22 heavy (non-hydrogen) atoms. The zero-order valence-electron chi connectivity index (χ0n) is 12.1. The normalized spacial score (nSPS) is 10.8. The summed E-state index contributed by atoms with van der Waals surface area (Å²) >= 11 is 1.48. The summed E-state index contributed by atoms with van der Waals surface area (Å²) in [5.74, 6) is -1.08. The van der Waals surface area contributed by atoms with E-state index in [1.165, 1.54) is 27.1 Å². The van der Waals surface area contributed by atoms with Crippen LogP contribution in [0.25, 0.3) is 5.13 Å². The van der Waals surface area contributed by atoms with Gasteiger partial charge in [0, 0.05) is 17.5 Å². The van der Waals surface area contributed by atoms with E-state index in [1.54, 1.807) is 13.1 Å². The van der Waals surface area contributed by atoms with Gasteiger partial charge in [-0.3, -0.25) is 0 Å². The number of aryl methyl sites for hydroxylation is 1. The van der Waals surface area contributed by atoms with Crippen molar-refractivity contribution in [2.24, 2.45) is 0 Å². The van der Waals surface area contributed by atoms with E-state index >= 15 is 0 Å². The van der Waals surface area contributed by atoms with E-state index < -0.39 is 5.97 Å². The smallest absolute Gasteiger partial charge is 0.358 e. The predicted octanol–water partition coefficient (Wildman–Crippen LogP) is 2.63. The minimum absolute atomic E-state index is 0.0460. The summed E-state index contributed by atoms with van der Waals surface area (Å²) in [6, 6.07) is 8.35. The van der Waals surface area contributed by atoms with Crippen molar-refractivity contribution in [3.8, 4) is 5.13 Å². The van der Waals surface area contributed by atoms with Crippen LogP contribution in [0.15, 0.2) is 30.5 Å². The van der Waals surface area contributed by atoms with E-state index in [1.807, 2.05) is 0 Å². The highest BCUT2D eigenvalue weighted by molar-refractivity contribution is 7.14. The molecule has 0 amide bonds. The van der Waals surface area contributed by atoms with Gasteiger partial charge in [-0.1, -0.05) is 46.4 Å². The van der Waals surface area contributed by atoms with Crippen molar-refractivity contribution in [2.45, 2.75) is 20.3 Å². The van der Waals surface area contributed by atoms with Gasteiger partial charge in [-0.15, -0.1) is 5.10 Å². The average Bonchev–Trinajstić information content (AvgIpc) is 3.08. The molecular formula is C15H14N4O2S. The fourth-order valence-electron chi connectivity index (χ4n) is 2.09. The van der Waals surface area contributed by atoms with Crippen LogP contribution in [-0.2, 0) is 6.42 Å². The van der Waals surface area contributed by atoms with Crippen molar-refractivity contribution in [3.05, 3.63) is 57.9 Å². The van der Waals surface area contributed by atoms with Crippen LogP contribution in [0, 0.1) is 13.8 Å². The number of carboxylic acid groups (broad SMARTS) is 1. The van der Waals surface area contributed by atoms with Gasteiger partial charge in [0.05, 0.1) is 5.69 Å². The average molecular weight is 314 g/mol. The highest BCUT2D eigenvalue weighted by atomic mass is 32.1. The maximum Gasteiger partial charge on any atom is 0.358 e. The summed E-state index contributed by atoms with van der Waals surface area (Å²) in [5, 5.41) is 17.2. The van der Waals surface area contributed by atoms with E-state index in [-0.39, 0.29) is 5.69 Å². The van der Waals surface area contributed by atoms with Crippen molar-refractivity contribution in [2.75, 3.05) is 0 Å². The van der Waals surface area contributed by atoms with Crippen LogP contribution in [0.1, 0.15) is 32.2 Å². The van der Waals surface area contributed by atoms with E-state index in [4.69, 9.17) is 5.11 Å². The number of thiazole rings is 1. The molecule has 0 saturated heterocycles. The quantitative estimate of drug-likeness (QED) is 0.800. The zero-order chi connectivity index (χ0) is 15.7. The van der Waals surface area contributed by atoms with Crippen LogP contribution < -0.4 is 0 Å². The Morgan fingerprint density at radius 2 is 2.00 bits per heavy atom. The molecule has 0 aliphatic heterocycles. The number of hydrogen-bond donors (Lipinski definition) is 1. The van der Waals surface area contributed by atoms with Crippen molar-refractivity contribution in [3.63, 3.8) is 0 Å². The molecule has 3 aromatic rings. The summed E-state index contributed by atoms with van der Waals surface area (Å²) in [4.78, 5) is 16.4. The molecule has 6 nitrogen and oxygen atoms in total. The Morgan fingerprint density at radius 3 is 2.64 bits per heavy atom. The van der Waals surface area contributed by atoms with Gasteiger partial charge in [0.25, 0.3) is 0 Å². The molecule has 2 aromatic heterocycles. The summed E-state index contributed by atoms with van der Waals surface area (Å²) in [5.41, 5.74) is 2.87. The van der Waals surface area contributed by atoms with Crippen LogP contribution >= 0.6 is 11.3 Å². The van der Waals surface area contributed by atoms with Gasteiger partial charge >= 0.3 is 5.97 Å². The topological polar surface area (TPSA) is 80.9 Å². The maximum atomic E-state index is 11.0. The van der Waals surface area contributed by atoms with Crippen LogP contribution in [0.5, 0.6) is 0 Å². The Balaban J connectivity index is 1.84. The van der Waals surface area contributed by atoms with Crippen molar-refractivity contribution < 1.29 is 9.90 Å². The minimum atomic E-state index is -1.08. The van der Waals surface area contributed by atoms with Gasteiger partial charge in [0.2, 0.25) is 5.13 Å². The number of hydrogen-bond acceptors (Lipinski definition) is 5. The first-order valence-corrected chi connectivity index (χ1v) is 7.52. The molecule has 0 saturated carbocycles. The van der Waals surface area contributed by atoms with Crippen LogP contribution in [-0.4, -0.2) is 31.1 Å². The molecule has 1 N–H and O–H groups in total. The monoisotopic (exact) mass is 314 g/mol. The molecular weight excluding hydrogens is 300 g/mol. The van der Waals surface area contributed by atoms with E-state index in [0.29, 0.717) is 10.8 Å². The molecule has 2 heterocycles.